The monoisotopic (exact) mass is 280 g/mol. The van der Waals surface area contributed by atoms with E-state index in [1.165, 1.54) is 23.9 Å². The lowest BCUT2D eigenvalue weighted by Gasteiger charge is -2.06. The summed E-state index contributed by atoms with van der Waals surface area (Å²) in [5.41, 5.74) is 0.00433. The second kappa shape index (κ2) is 4.40. The highest BCUT2D eigenvalue weighted by Crippen LogP contribution is 2.27. The Labute approximate surface area is 93.0 Å². The molecule has 0 N–H and O–H groups in total. The van der Waals surface area contributed by atoms with Gasteiger partial charge in [-0.15, -0.1) is 11.8 Å². The van der Waals surface area contributed by atoms with Crippen molar-refractivity contribution in [1.82, 2.24) is 0 Å². The molecule has 0 saturated heterocycles. The molecule has 0 fully saturated rings. The maximum atomic E-state index is 12.5. The van der Waals surface area contributed by atoms with Crippen molar-refractivity contribution in [2.24, 2.45) is 0 Å². The van der Waals surface area contributed by atoms with E-state index in [1.807, 2.05) is 22.2 Å². The SMILES string of the molecule is CSc1ccc(C(=O)C(F)(F)Br)cc1. The third-order valence-electron chi connectivity index (χ3n) is 1.61. The number of halogens is 3. The van der Waals surface area contributed by atoms with Gasteiger partial charge in [-0.2, -0.15) is 8.78 Å². The number of benzene rings is 1. The maximum absolute atomic E-state index is 12.5. The fourth-order valence-electron chi connectivity index (χ4n) is 0.906. The van der Waals surface area contributed by atoms with Crippen LogP contribution in [-0.2, 0) is 0 Å². The molecule has 1 nitrogen and oxygen atoms in total. The normalized spacial score (nSPS) is 11.4. The predicted octanol–water partition coefficient (Wildman–Crippen LogP) is 3.58. The molecule has 0 amide bonds. The first-order valence-electron chi connectivity index (χ1n) is 3.70. The highest BCUT2D eigenvalue weighted by Gasteiger charge is 2.35. The Hall–Kier alpha value is -0.420. The van der Waals surface area contributed by atoms with Crippen molar-refractivity contribution in [2.45, 2.75) is 9.73 Å². The molecule has 1 rings (SSSR count). The Kier molecular flexibility index (Phi) is 3.66. The second-order valence-electron chi connectivity index (χ2n) is 2.56. The zero-order valence-corrected chi connectivity index (χ0v) is 9.66. The van der Waals surface area contributed by atoms with E-state index in [0.29, 0.717) is 0 Å². The molecule has 0 saturated carbocycles. The molecule has 0 unspecified atom stereocenters. The number of rotatable bonds is 3. The topological polar surface area (TPSA) is 17.1 Å². The van der Waals surface area contributed by atoms with E-state index in [9.17, 15) is 13.6 Å². The molecule has 0 aliphatic carbocycles. The smallest absolute Gasteiger partial charge is 0.286 e. The molecule has 1 aromatic carbocycles. The summed E-state index contributed by atoms with van der Waals surface area (Å²) in [6.07, 6.45) is 1.87. The lowest BCUT2D eigenvalue weighted by Crippen LogP contribution is -2.20. The number of Topliss-reactive ketones (excluding diaryl/α,β-unsaturated/α-hetero) is 1. The minimum atomic E-state index is -3.48. The molecule has 0 spiro atoms. The van der Waals surface area contributed by atoms with Crippen molar-refractivity contribution < 1.29 is 13.6 Å². The summed E-state index contributed by atoms with van der Waals surface area (Å²) in [4.78, 5) is 8.51. The Bertz CT molecular complexity index is 332. The first kappa shape index (κ1) is 11.7. The van der Waals surface area contributed by atoms with E-state index in [0.717, 1.165) is 4.90 Å². The van der Waals surface area contributed by atoms with Gasteiger partial charge < -0.3 is 0 Å². The summed E-state index contributed by atoms with van der Waals surface area (Å²) in [5.74, 6) is -1.22. The van der Waals surface area contributed by atoms with E-state index < -0.39 is 10.6 Å². The van der Waals surface area contributed by atoms with Crippen LogP contribution in [0.5, 0.6) is 0 Å². The Morgan fingerprint density at radius 1 is 1.36 bits per heavy atom. The quantitative estimate of drug-likeness (QED) is 0.478. The second-order valence-corrected chi connectivity index (χ2v) is 4.43. The number of thioether (sulfide) groups is 1. The standard InChI is InChI=1S/C9H7BrF2OS/c1-14-7-4-2-6(3-5-7)8(13)9(10,11)12/h2-5H,1H3. The average Bonchev–Trinajstić information content (AvgIpc) is 2.15. The van der Waals surface area contributed by atoms with Gasteiger partial charge >= 0.3 is 4.83 Å². The van der Waals surface area contributed by atoms with Crippen molar-refractivity contribution in [3.05, 3.63) is 29.8 Å². The summed E-state index contributed by atoms with van der Waals surface area (Å²) in [7, 11) is 0. The molecular weight excluding hydrogens is 274 g/mol. The van der Waals surface area contributed by atoms with Gasteiger partial charge in [0.05, 0.1) is 0 Å². The number of carbonyl (C=O) groups is 1. The average molecular weight is 281 g/mol. The van der Waals surface area contributed by atoms with Gasteiger partial charge in [0, 0.05) is 10.5 Å². The van der Waals surface area contributed by atoms with Crippen LogP contribution in [0.3, 0.4) is 0 Å². The minimum absolute atomic E-state index is 0.00433. The maximum Gasteiger partial charge on any atom is 0.363 e. The van der Waals surface area contributed by atoms with Gasteiger partial charge in [-0.25, -0.2) is 0 Å². The number of hydrogen-bond acceptors (Lipinski definition) is 2. The van der Waals surface area contributed by atoms with E-state index in [1.54, 1.807) is 12.1 Å². The molecule has 14 heavy (non-hydrogen) atoms. The van der Waals surface area contributed by atoms with Gasteiger partial charge in [0.15, 0.2) is 0 Å². The van der Waals surface area contributed by atoms with Crippen LogP contribution in [0.15, 0.2) is 29.2 Å². The summed E-state index contributed by atoms with van der Waals surface area (Å²) in [5, 5.41) is 0. The number of ketones is 1. The van der Waals surface area contributed by atoms with Crippen LogP contribution in [0.4, 0.5) is 8.78 Å². The molecule has 0 aliphatic rings. The first-order chi connectivity index (χ1) is 6.45. The van der Waals surface area contributed by atoms with Gasteiger partial charge in [0.25, 0.3) is 0 Å². The fraction of sp³-hybridized carbons (Fsp3) is 0.222. The Morgan fingerprint density at radius 2 is 1.86 bits per heavy atom. The highest BCUT2D eigenvalue weighted by molar-refractivity contribution is 9.10. The van der Waals surface area contributed by atoms with Gasteiger partial charge in [0.1, 0.15) is 0 Å². The summed E-state index contributed by atoms with van der Waals surface area (Å²) >= 11 is 3.51. The third kappa shape index (κ3) is 2.78. The Balaban J connectivity index is 2.93. The van der Waals surface area contributed by atoms with E-state index in [2.05, 4.69) is 0 Å². The van der Waals surface area contributed by atoms with Crippen molar-refractivity contribution in [3.8, 4) is 0 Å². The molecule has 0 radical (unpaired) electrons. The largest absolute Gasteiger partial charge is 0.363 e. The van der Waals surface area contributed by atoms with Crippen LogP contribution in [0, 0.1) is 0 Å². The molecule has 0 aromatic heterocycles. The molecule has 1 aromatic rings. The zero-order valence-electron chi connectivity index (χ0n) is 7.26. The van der Waals surface area contributed by atoms with E-state index in [-0.39, 0.29) is 5.56 Å². The minimum Gasteiger partial charge on any atom is -0.286 e. The van der Waals surface area contributed by atoms with Gasteiger partial charge in [0.2, 0.25) is 5.78 Å². The van der Waals surface area contributed by atoms with Gasteiger partial charge in [-0.05, 0) is 34.3 Å². The van der Waals surface area contributed by atoms with Crippen molar-refractivity contribution >= 4 is 33.5 Å². The van der Waals surface area contributed by atoms with Crippen molar-refractivity contribution in [1.29, 1.82) is 0 Å². The molecule has 0 bridgehead atoms. The van der Waals surface area contributed by atoms with Crippen LogP contribution in [0.25, 0.3) is 0 Å². The lowest BCUT2D eigenvalue weighted by molar-refractivity contribution is 0.0592. The first-order valence-corrected chi connectivity index (χ1v) is 5.72. The number of carbonyl (C=O) groups excluding carboxylic acids is 1. The van der Waals surface area contributed by atoms with Crippen LogP contribution >= 0.6 is 27.7 Å². The molecular formula is C9H7BrF2OS. The lowest BCUT2D eigenvalue weighted by atomic mass is 10.1. The number of alkyl halides is 3. The zero-order chi connectivity index (χ0) is 10.8. The van der Waals surface area contributed by atoms with Crippen LogP contribution in [0.1, 0.15) is 10.4 Å². The van der Waals surface area contributed by atoms with Crippen molar-refractivity contribution in [3.63, 3.8) is 0 Å². The van der Waals surface area contributed by atoms with E-state index in [4.69, 9.17) is 0 Å². The highest BCUT2D eigenvalue weighted by atomic mass is 79.9. The molecule has 5 heteroatoms. The fourth-order valence-corrected chi connectivity index (χ4v) is 1.54. The molecule has 0 heterocycles. The van der Waals surface area contributed by atoms with Gasteiger partial charge in [-0.3, -0.25) is 4.79 Å². The predicted molar refractivity (Wildman–Crippen MR) is 56.4 cm³/mol. The molecule has 0 atom stereocenters. The van der Waals surface area contributed by atoms with Crippen LogP contribution < -0.4 is 0 Å². The summed E-state index contributed by atoms with van der Waals surface area (Å²) < 4.78 is 25.1. The van der Waals surface area contributed by atoms with Crippen molar-refractivity contribution in [2.75, 3.05) is 6.26 Å². The van der Waals surface area contributed by atoms with Crippen LogP contribution in [0.2, 0.25) is 0 Å². The van der Waals surface area contributed by atoms with E-state index >= 15 is 0 Å². The summed E-state index contributed by atoms with van der Waals surface area (Å²) in [6, 6.07) is 6.06. The number of hydrogen-bond donors (Lipinski definition) is 0. The third-order valence-corrected chi connectivity index (χ3v) is 2.71. The molecule has 0 aliphatic heterocycles. The summed E-state index contributed by atoms with van der Waals surface area (Å²) in [6.45, 7) is 0. The van der Waals surface area contributed by atoms with Crippen LogP contribution in [-0.4, -0.2) is 16.9 Å². The van der Waals surface area contributed by atoms with Gasteiger partial charge in [-0.1, -0.05) is 12.1 Å². The Morgan fingerprint density at radius 3 is 2.21 bits per heavy atom. The molecule has 76 valence electrons.